The highest BCUT2D eigenvalue weighted by atomic mass is 19.2. The van der Waals surface area contributed by atoms with Crippen LogP contribution in [0.1, 0.15) is 104 Å². The number of hydrogen-bond donors (Lipinski definition) is 0. The molecule has 0 bridgehead atoms. The number of ketones is 2. The molecule has 3 rings (SSSR count). The lowest BCUT2D eigenvalue weighted by molar-refractivity contribution is -0.143. The van der Waals surface area contributed by atoms with E-state index in [4.69, 9.17) is 0 Å². The third-order valence-corrected chi connectivity index (χ3v) is 8.64. The maximum atomic E-state index is 14.5. The highest BCUT2D eigenvalue weighted by Gasteiger charge is 2.43. The van der Waals surface area contributed by atoms with Crippen LogP contribution in [0.3, 0.4) is 0 Å². The lowest BCUT2D eigenvalue weighted by atomic mass is 9.67. The molecule has 0 aromatic rings. The molecule has 3 aliphatic carbocycles. The molecular weight excluding hydrogens is 382 g/mol. The summed E-state index contributed by atoms with van der Waals surface area (Å²) in [6.07, 6.45) is 10.7. The van der Waals surface area contributed by atoms with E-state index in [9.17, 15) is 18.4 Å². The quantitative estimate of drug-likeness (QED) is 0.309. The number of hydrogen-bond acceptors (Lipinski definition) is 2. The predicted molar refractivity (Wildman–Crippen MR) is 117 cm³/mol. The molecule has 0 radical (unpaired) electrons. The Kier molecular flexibility index (Phi) is 8.89. The Morgan fingerprint density at radius 3 is 1.87 bits per heavy atom. The molecule has 4 heteroatoms. The summed E-state index contributed by atoms with van der Waals surface area (Å²) in [5, 5.41) is 0. The van der Waals surface area contributed by atoms with Gasteiger partial charge in [-0.3, -0.25) is 9.59 Å². The molecule has 30 heavy (non-hydrogen) atoms. The van der Waals surface area contributed by atoms with Crippen LogP contribution in [0, 0.1) is 35.5 Å². The van der Waals surface area contributed by atoms with Gasteiger partial charge in [0.25, 0.3) is 0 Å². The van der Waals surface area contributed by atoms with Crippen molar-refractivity contribution in [1.29, 1.82) is 0 Å². The highest BCUT2D eigenvalue weighted by Crippen LogP contribution is 2.44. The molecule has 0 N–H and O–H groups in total. The van der Waals surface area contributed by atoms with Crippen LogP contribution >= 0.6 is 0 Å². The first kappa shape index (κ1) is 23.9. The van der Waals surface area contributed by atoms with Gasteiger partial charge in [0.2, 0.25) is 11.6 Å². The van der Waals surface area contributed by atoms with Crippen molar-refractivity contribution in [3.05, 3.63) is 0 Å². The first-order valence-electron chi connectivity index (χ1n) is 12.8. The van der Waals surface area contributed by atoms with Crippen molar-refractivity contribution >= 4 is 11.6 Å². The number of carbonyl (C=O) groups is 2. The van der Waals surface area contributed by atoms with Crippen LogP contribution in [0.4, 0.5) is 8.78 Å². The van der Waals surface area contributed by atoms with Crippen molar-refractivity contribution in [1.82, 2.24) is 0 Å². The van der Waals surface area contributed by atoms with Gasteiger partial charge in [-0.15, -0.1) is 0 Å². The molecule has 4 unspecified atom stereocenters. The van der Waals surface area contributed by atoms with Crippen molar-refractivity contribution in [2.75, 3.05) is 0 Å². The molecule has 0 aromatic carbocycles. The molecule has 0 spiro atoms. The van der Waals surface area contributed by atoms with E-state index in [-0.39, 0.29) is 41.2 Å². The minimum absolute atomic E-state index is 0.0694. The number of unbranched alkanes of at least 4 members (excludes halogenated alkanes) is 2. The van der Waals surface area contributed by atoms with E-state index in [1.807, 2.05) is 0 Å². The van der Waals surface area contributed by atoms with Crippen LogP contribution in [0.15, 0.2) is 0 Å². The topological polar surface area (TPSA) is 34.1 Å². The van der Waals surface area contributed by atoms with Gasteiger partial charge in [-0.25, -0.2) is 8.78 Å². The van der Waals surface area contributed by atoms with E-state index >= 15 is 0 Å². The fourth-order valence-electron chi connectivity index (χ4n) is 6.43. The predicted octanol–water partition coefficient (Wildman–Crippen LogP) is 7.04. The van der Waals surface area contributed by atoms with Gasteiger partial charge in [0.15, 0.2) is 0 Å². The zero-order valence-corrected chi connectivity index (χ0v) is 19.1. The number of alkyl halides is 2. The molecule has 0 saturated heterocycles. The summed E-state index contributed by atoms with van der Waals surface area (Å²) >= 11 is 0. The molecule has 0 amide bonds. The van der Waals surface area contributed by atoms with Gasteiger partial charge in [0.1, 0.15) is 12.3 Å². The first-order chi connectivity index (χ1) is 14.4. The van der Waals surface area contributed by atoms with E-state index in [1.54, 1.807) is 6.92 Å². The summed E-state index contributed by atoms with van der Waals surface area (Å²) in [7, 11) is 0. The third-order valence-electron chi connectivity index (χ3n) is 8.64. The minimum atomic E-state index is -1.36. The number of halogens is 2. The molecule has 0 aliphatic heterocycles. The number of Topliss-reactive ketones (excluding diaryl/α,β-unsaturated/α-hetero) is 2. The van der Waals surface area contributed by atoms with Gasteiger partial charge < -0.3 is 0 Å². The fraction of sp³-hybridized carbons (Fsp3) is 0.923. The van der Waals surface area contributed by atoms with E-state index in [2.05, 4.69) is 6.92 Å². The zero-order valence-electron chi connectivity index (χ0n) is 19.1. The Hall–Kier alpha value is -0.800. The molecule has 4 atom stereocenters. The standard InChI is InChI=1S/C26H42F2O2/c1-3-4-5-6-18-8-10-20(11-9-18)25(29)26(30)21-14-12-19(13-15-21)22-16-7-17(2)23(27)24(22)28/h17-24H,3-16H2,1-2H3. The van der Waals surface area contributed by atoms with Crippen molar-refractivity contribution in [2.45, 2.75) is 116 Å². The molecule has 172 valence electrons. The molecular formula is C26H42F2O2. The van der Waals surface area contributed by atoms with Crippen molar-refractivity contribution in [2.24, 2.45) is 35.5 Å². The Morgan fingerprint density at radius 1 is 0.733 bits per heavy atom. The van der Waals surface area contributed by atoms with Crippen molar-refractivity contribution in [3.63, 3.8) is 0 Å². The van der Waals surface area contributed by atoms with Gasteiger partial charge in [0.05, 0.1) is 0 Å². The van der Waals surface area contributed by atoms with Gasteiger partial charge in [0, 0.05) is 11.8 Å². The lowest BCUT2D eigenvalue weighted by Crippen LogP contribution is -2.42. The van der Waals surface area contributed by atoms with E-state index in [0.717, 1.165) is 57.3 Å². The molecule has 3 fully saturated rings. The van der Waals surface area contributed by atoms with Crippen LogP contribution in [-0.4, -0.2) is 23.9 Å². The Bertz CT molecular complexity index is 561. The van der Waals surface area contributed by atoms with Crippen LogP contribution in [0.25, 0.3) is 0 Å². The highest BCUT2D eigenvalue weighted by molar-refractivity contribution is 6.38. The first-order valence-corrected chi connectivity index (χ1v) is 12.8. The van der Waals surface area contributed by atoms with Crippen LogP contribution in [-0.2, 0) is 9.59 Å². The third kappa shape index (κ3) is 5.71. The average molecular weight is 425 g/mol. The van der Waals surface area contributed by atoms with Gasteiger partial charge in [-0.2, -0.15) is 0 Å². The van der Waals surface area contributed by atoms with E-state index in [0.29, 0.717) is 12.8 Å². The largest absolute Gasteiger partial charge is 0.291 e. The lowest BCUT2D eigenvalue weighted by Gasteiger charge is -2.40. The summed E-state index contributed by atoms with van der Waals surface area (Å²) in [5.41, 5.74) is 0. The Labute approximate surface area is 181 Å². The SMILES string of the molecule is CCCCCC1CCC(C(=O)C(=O)C2CCC(C3CCC(C)C(F)C3F)CC2)CC1. The summed E-state index contributed by atoms with van der Waals surface area (Å²) in [6.45, 7) is 4.02. The Morgan fingerprint density at radius 2 is 1.30 bits per heavy atom. The number of rotatable bonds is 8. The van der Waals surface area contributed by atoms with Crippen LogP contribution in [0.2, 0.25) is 0 Å². The van der Waals surface area contributed by atoms with Gasteiger partial charge in [-0.1, -0.05) is 39.5 Å². The second-order valence-electron chi connectivity index (χ2n) is 10.7. The van der Waals surface area contributed by atoms with Crippen LogP contribution < -0.4 is 0 Å². The molecule has 0 aromatic heterocycles. The molecule has 2 nitrogen and oxygen atoms in total. The molecule has 3 saturated carbocycles. The summed E-state index contributed by atoms with van der Waals surface area (Å²) in [5.74, 6) is -0.0394. The van der Waals surface area contributed by atoms with Crippen LogP contribution in [0.5, 0.6) is 0 Å². The molecule has 3 aliphatic rings. The van der Waals surface area contributed by atoms with Crippen molar-refractivity contribution < 1.29 is 18.4 Å². The number of carbonyl (C=O) groups excluding carboxylic acids is 2. The van der Waals surface area contributed by atoms with Gasteiger partial charge in [-0.05, 0) is 87.9 Å². The normalized spacial score (nSPS) is 40.1. The summed E-state index contributed by atoms with van der Waals surface area (Å²) < 4.78 is 28.7. The molecule has 0 heterocycles. The maximum absolute atomic E-state index is 14.5. The van der Waals surface area contributed by atoms with E-state index in [1.165, 1.54) is 25.7 Å². The Balaban J connectivity index is 1.42. The van der Waals surface area contributed by atoms with E-state index < -0.39 is 12.3 Å². The maximum Gasteiger partial charge on any atom is 0.201 e. The second-order valence-corrected chi connectivity index (χ2v) is 10.7. The fourth-order valence-corrected chi connectivity index (χ4v) is 6.43. The second kappa shape index (κ2) is 11.2. The van der Waals surface area contributed by atoms with Crippen molar-refractivity contribution in [3.8, 4) is 0 Å². The average Bonchev–Trinajstić information content (AvgIpc) is 2.77. The zero-order chi connectivity index (χ0) is 21.7. The minimum Gasteiger partial charge on any atom is -0.291 e. The summed E-state index contributed by atoms with van der Waals surface area (Å²) in [6, 6.07) is 0. The monoisotopic (exact) mass is 424 g/mol. The van der Waals surface area contributed by atoms with Gasteiger partial charge >= 0.3 is 0 Å². The smallest absolute Gasteiger partial charge is 0.201 e. The summed E-state index contributed by atoms with van der Waals surface area (Å²) in [4.78, 5) is 25.7.